The van der Waals surface area contributed by atoms with Crippen molar-refractivity contribution >= 4 is 35.8 Å². The average Bonchev–Trinajstić information content (AvgIpc) is 0.947. The van der Waals surface area contributed by atoms with Gasteiger partial charge in [0.25, 0.3) is 0 Å². The molecule has 0 rings (SSSR count). The molecule has 0 N–H and O–H groups in total. The van der Waals surface area contributed by atoms with Crippen LogP contribution in [0, 0.1) is 0 Å². The van der Waals surface area contributed by atoms with Crippen LogP contribution in [0.15, 0.2) is 0 Å². The van der Waals surface area contributed by atoms with E-state index in [2.05, 4.69) is 97.0 Å². The molecular weight excluding hydrogens is 1410 g/mol. The van der Waals surface area contributed by atoms with Crippen LogP contribution >= 0.6 is 0 Å². The number of rotatable bonds is 90. The highest BCUT2D eigenvalue weighted by molar-refractivity contribution is 5.71. The quantitative estimate of drug-likeness (QED) is 0.0318. The maximum atomic E-state index is 13.2. The molecule has 0 aromatic rings. The van der Waals surface area contributed by atoms with E-state index in [1.165, 1.54) is 231 Å². The number of nitrogens with zero attached hydrogens (tertiary/aromatic N) is 7. The average molecular weight is 1590 g/mol. The minimum Gasteiger partial charge on any atom is -0.466 e. The molecule has 0 radical (unpaired) electrons. The van der Waals surface area contributed by atoms with Crippen LogP contribution < -0.4 is 0 Å². The molecule has 0 aliphatic rings. The van der Waals surface area contributed by atoms with Crippen LogP contribution in [0.3, 0.4) is 0 Å². The van der Waals surface area contributed by atoms with Gasteiger partial charge in [0.2, 0.25) is 0 Å². The van der Waals surface area contributed by atoms with Crippen LogP contribution in [0.1, 0.15) is 388 Å². The molecule has 0 unspecified atom stereocenters. The second kappa shape index (κ2) is 85.4. The van der Waals surface area contributed by atoms with Crippen molar-refractivity contribution in [2.24, 2.45) is 0 Å². The summed E-state index contributed by atoms with van der Waals surface area (Å²) in [6, 6.07) is 0. The molecular formula is C93H183N7O12. The van der Waals surface area contributed by atoms with Crippen molar-refractivity contribution in [3.05, 3.63) is 0 Å². The number of likely N-dealkylation sites (N-methyl/N-ethyl adjacent to an activating group) is 3. The van der Waals surface area contributed by atoms with E-state index in [1.807, 2.05) is 0 Å². The first-order valence-electron chi connectivity index (χ1n) is 47.6. The Morgan fingerprint density at radius 1 is 0.161 bits per heavy atom. The van der Waals surface area contributed by atoms with Gasteiger partial charge in [0, 0.05) is 118 Å². The van der Waals surface area contributed by atoms with Crippen LogP contribution in [0.5, 0.6) is 0 Å². The van der Waals surface area contributed by atoms with Gasteiger partial charge in [-0.3, -0.25) is 33.7 Å². The molecule has 0 spiro atoms. The summed E-state index contributed by atoms with van der Waals surface area (Å²) in [5, 5.41) is 0. The molecule has 0 fully saturated rings. The second-order valence-electron chi connectivity index (χ2n) is 32.9. The maximum absolute atomic E-state index is 13.2. The fraction of sp³-hybridized carbons (Fsp3) is 0.935. The minimum atomic E-state index is -0.188. The van der Waals surface area contributed by atoms with E-state index in [-0.39, 0.29) is 74.3 Å². The number of ether oxygens (including phenoxy) is 6. The molecule has 0 heterocycles. The topological polar surface area (TPSA) is 180 Å². The Labute approximate surface area is 690 Å². The van der Waals surface area contributed by atoms with Gasteiger partial charge >= 0.3 is 35.8 Å². The molecule has 19 heteroatoms. The van der Waals surface area contributed by atoms with Crippen molar-refractivity contribution in [3.8, 4) is 0 Å². The summed E-state index contributed by atoms with van der Waals surface area (Å²) in [4.78, 5) is 95.4. The number of hydrogen-bond donors (Lipinski definition) is 0. The normalized spacial score (nSPS) is 11.8. The molecule has 112 heavy (non-hydrogen) atoms. The van der Waals surface area contributed by atoms with Gasteiger partial charge in [-0.15, -0.1) is 0 Å². The first-order valence-corrected chi connectivity index (χ1v) is 47.6. The van der Waals surface area contributed by atoms with Crippen LogP contribution in [-0.2, 0) is 57.2 Å². The largest absolute Gasteiger partial charge is 0.466 e. The van der Waals surface area contributed by atoms with Gasteiger partial charge in [-0.2, -0.15) is 0 Å². The first-order chi connectivity index (χ1) is 54.7. The smallest absolute Gasteiger partial charge is 0.307 e. The van der Waals surface area contributed by atoms with Gasteiger partial charge in [0.15, 0.2) is 0 Å². The van der Waals surface area contributed by atoms with Crippen molar-refractivity contribution in [1.29, 1.82) is 0 Å². The Kier molecular flexibility index (Phi) is 82.8. The van der Waals surface area contributed by atoms with Crippen molar-refractivity contribution in [3.63, 3.8) is 0 Å². The lowest BCUT2D eigenvalue weighted by Gasteiger charge is -2.31. The standard InChI is InChI=1S/C93H183N7O12/c1-10-16-22-28-34-40-46-52-82-107-88(101)58-64-97(65-59-89(102)108-83-53-47-41-35-29-23-17-11-2)76-70-94(7)73-79-100(80-74-95(8)71-77-98(66-60-90(103)109-84-54-48-42-36-30-24-18-12-3)67-61-91(104)110-85-55-49-43-37-31-25-19-13-4)81-75-96(9)72-78-99(68-62-92(105)111-86-56-50-44-38-32-26-20-14-5)69-63-93(106)112-87-57-51-45-39-33-27-21-15-6/h10-87H2,1-9H3. The van der Waals surface area contributed by atoms with E-state index in [1.54, 1.807) is 0 Å². The van der Waals surface area contributed by atoms with E-state index >= 15 is 0 Å². The molecule has 0 aromatic heterocycles. The summed E-state index contributed by atoms with van der Waals surface area (Å²) in [6.07, 6.45) is 58.4. The summed E-state index contributed by atoms with van der Waals surface area (Å²) < 4.78 is 34.5. The van der Waals surface area contributed by atoms with E-state index in [9.17, 15) is 28.8 Å². The van der Waals surface area contributed by atoms with Crippen LogP contribution in [-0.4, -0.2) is 249 Å². The summed E-state index contributed by atoms with van der Waals surface area (Å²) in [5.74, 6) is -1.13. The monoisotopic (exact) mass is 1590 g/mol. The van der Waals surface area contributed by atoms with Gasteiger partial charge in [0.1, 0.15) is 0 Å². The summed E-state index contributed by atoms with van der Waals surface area (Å²) >= 11 is 0. The zero-order chi connectivity index (χ0) is 81.9. The van der Waals surface area contributed by atoms with Crippen molar-refractivity contribution in [2.75, 3.05) is 179 Å². The molecule has 0 aliphatic carbocycles. The highest BCUT2D eigenvalue weighted by Crippen LogP contribution is 2.16. The Bertz CT molecular complexity index is 1740. The highest BCUT2D eigenvalue weighted by Gasteiger charge is 2.20. The molecule has 0 atom stereocenters. The van der Waals surface area contributed by atoms with E-state index in [4.69, 9.17) is 28.4 Å². The Balaban J connectivity index is 6.48. The lowest BCUT2D eigenvalue weighted by molar-refractivity contribution is -0.146. The molecule has 0 amide bonds. The zero-order valence-electron chi connectivity index (χ0n) is 75.2. The van der Waals surface area contributed by atoms with E-state index in [0.717, 1.165) is 136 Å². The third-order valence-corrected chi connectivity index (χ3v) is 22.1. The Hall–Kier alpha value is -3.46. The lowest BCUT2D eigenvalue weighted by Crippen LogP contribution is -2.44. The number of esters is 6. The summed E-state index contributed by atoms with van der Waals surface area (Å²) in [6.45, 7) is 28.4. The molecule has 19 nitrogen and oxygen atoms in total. The van der Waals surface area contributed by atoms with Gasteiger partial charge in [-0.1, -0.05) is 311 Å². The number of hydrogen-bond acceptors (Lipinski definition) is 19. The predicted octanol–water partition coefficient (Wildman–Crippen LogP) is 20.4. The van der Waals surface area contributed by atoms with Crippen LogP contribution in [0.2, 0.25) is 0 Å². The summed E-state index contributed by atoms with van der Waals surface area (Å²) in [5.41, 5.74) is 0. The van der Waals surface area contributed by atoms with Crippen molar-refractivity contribution < 1.29 is 57.2 Å². The first kappa shape index (κ1) is 109. The van der Waals surface area contributed by atoms with Gasteiger partial charge < -0.3 is 57.8 Å². The molecule has 662 valence electrons. The van der Waals surface area contributed by atoms with Crippen LogP contribution in [0.25, 0.3) is 0 Å². The van der Waals surface area contributed by atoms with Crippen molar-refractivity contribution in [2.45, 2.75) is 388 Å². The molecule has 0 bridgehead atoms. The predicted molar refractivity (Wildman–Crippen MR) is 467 cm³/mol. The fourth-order valence-electron chi connectivity index (χ4n) is 14.0. The summed E-state index contributed by atoms with van der Waals surface area (Å²) in [7, 11) is 6.47. The fourth-order valence-corrected chi connectivity index (χ4v) is 14.0. The van der Waals surface area contributed by atoms with Gasteiger partial charge in [-0.05, 0) is 59.7 Å². The van der Waals surface area contributed by atoms with Crippen molar-refractivity contribution in [1.82, 2.24) is 34.3 Å². The SMILES string of the molecule is CCCCCCCCCCOC(=O)CCN(CCC(=O)OCCCCCCCCCC)CCN(C)CCN(CCN(C)CCN(CCC(=O)OCCCCCCCCCC)CCC(=O)OCCCCCCCCCC)CCN(C)CCN(CCC(=O)OCCCCCCCCCC)CCC(=O)OCCCCCCCCCC. The van der Waals surface area contributed by atoms with E-state index < -0.39 is 0 Å². The zero-order valence-corrected chi connectivity index (χ0v) is 75.2. The second-order valence-corrected chi connectivity index (χ2v) is 32.9. The molecule has 0 saturated heterocycles. The number of carbonyl (C=O) groups excluding carboxylic acids is 6. The molecule has 0 saturated carbocycles. The van der Waals surface area contributed by atoms with Crippen LogP contribution in [0.4, 0.5) is 0 Å². The highest BCUT2D eigenvalue weighted by atomic mass is 16.6. The van der Waals surface area contributed by atoms with E-state index in [0.29, 0.717) is 98.5 Å². The Morgan fingerprint density at radius 2 is 0.277 bits per heavy atom. The maximum Gasteiger partial charge on any atom is 0.307 e. The molecule has 0 aromatic carbocycles. The van der Waals surface area contributed by atoms with Gasteiger partial charge in [-0.25, -0.2) is 0 Å². The Morgan fingerprint density at radius 3 is 0.411 bits per heavy atom. The van der Waals surface area contributed by atoms with Gasteiger partial charge in [0.05, 0.1) is 78.2 Å². The number of unbranched alkanes of at least 4 members (excludes halogenated alkanes) is 42. The minimum absolute atomic E-state index is 0.188. The number of carbonyl (C=O) groups is 6. The third-order valence-electron chi connectivity index (χ3n) is 22.1. The molecule has 0 aliphatic heterocycles. The third kappa shape index (κ3) is 79.0. The lowest BCUT2D eigenvalue weighted by atomic mass is 10.1.